The predicted molar refractivity (Wildman–Crippen MR) is 87.2 cm³/mol. The van der Waals surface area contributed by atoms with Gasteiger partial charge in [-0.05, 0) is 63.3 Å². The van der Waals surface area contributed by atoms with Gasteiger partial charge in [-0.3, -0.25) is 4.90 Å². The van der Waals surface area contributed by atoms with Crippen LogP contribution in [0, 0.1) is 5.92 Å². The van der Waals surface area contributed by atoms with E-state index in [1.54, 1.807) is 0 Å². The molecule has 3 heteroatoms. The predicted octanol–water partition coefficient (Wildman–Crippen LogP) is 3.72. The molecular formula is C17H27ClN2. The summed E-state index contributed by atoms with van der Waals surface area (Å²) in [6.07, 6.45) is 3.54. The molecule has 2 rings (SSSR count). The van der Waals surface area contributed by atoms with Gasteiger partial charge in [0.1, 0.15) is 0 Å². The van der Waals surface area contributed by atoms with Crippen LogP contribution < -0.4 is 5.73 Å². The molecule has 1 aromatic carbocycles. The van der Waals surface area contributed by atoms with E-state index in [0.717, 1.165) is 23.9 Å². The Balaban J connectivity index is 2.13. The number of halogens is 1. The zero-order valence-corrected chi connectivity index (χ0v) is 13.7. The normalized spacial score (nSPS) is 27.2. The molecule has 1 aliphatic heterocycles. The molecule has 1 heterocycles. The molecule has 1 aliphatic rings. The van der Waals surface area contributed by atoms with Crippen LogP contribution in [0.1, 0.15) is 39.2 Å². The second kappa shape index (κ2) is 6.46. The van der Waals surface area contributed by atoms with E-state index in [1.165, 1.54) is 18.4 Å². The summed E-state index contributed by atoms with van der Waals surface area (Å²) < 4.78 is 0. The Kier molecular flexibility index (Phi) is 5.11. The molecule has 20 heavy (non-hydrogen) atoms. The van der Waals surface area contributed by atoms with Crippen LogP contribution in [0.2, 0.25) is 5.02 Å². The van der Waals surface area contributed by atoms with Crippen molar-refractivity contribution in [2.45, 2.75) is 51.6 Å². The minimum atomic E-state index is 0.0351. The van der Waals surface area contributed by atoms with Crippen LogP contribution in [0.4, 0.5) is 0 Å². The van der Waals surface area contributed by atoms with Crippen molar-refractivity contribution in [1.29, 1.82) is 0 Å². The van der Waals surface area contributed by atoms with Gasteiger partial charge in [-0.15, -0.1) is 0 Å². The maximum atomic E-state index is 6.14. The molecule has 3 atom stereocenters. The third-order valence-corrected chi connectivity index (χ3v) is 5.02. The van der Waals surface area contributed by atoms with Gasteiger partial charge in [0.25, 0.3) is 0 Å². The highest BCUT2D eigenvalue weighted by atomic mass is 35.5. The van der Waals surface area contributed by atoms with Crippen LogP contribution in [-0.4, -0.2) is 29.6 Å². The van der Waals surface area contributed by atoms with Gasteiger partial charge < -0.3 is 5.73 Å². The van der Waals surface area contributed by atoms with Gasteiger partial charge in [-0.1, -0.05) is 30.7 Å². The van der Waals surface area contributed by atoms with E-state index in [2.05, 4.69) is 37.8 Å². The van der Waals surface area contributed by atoms with Crippen LogP contribution in [0.5, 0.6) is 0 Å². The molecule has 0 saturated carbocycles. The van der Waals surface area contributed by atoms with E-state index >= 15 is 0 Å². The first kappa shape index (κ1) is 15.8. The molecule has 0 amide bonds. The molecule has 0 aromatic heterocycles. The van der Waals surface area contributed by atoms with Crippen molar-refractivity contribution >= 4 is 11.6 Å². The molecule has 0 bridgehead atoms. The number of rotatable bonds is 4. The highest BCUT2D eigenvalue weighted by Gasteiger charge is 2.36. The maximum absolute atomic E-state index is 6.14. The summed E-state index contributed by atoms with van der Waals surface area (Å²) >= 11 is 5.97. The Bertz CT molecular complexity index is 431. The third-order valence-electron chi connectivity index (χ3n) is 4.77. The van der Waals surface area contributed by atoms with Gasteiger partial charge in [-0.2, -0.15) is 0 Å². The van der Waals surface area contributed by atoms with Crippen LogP contribution in [0.25, 0.3) is 0 Å². The van der Waals surface area contributed by atoms with Crippen LogP contribution in [0.3, 0.4) is 0 Å². The van der Waals surface area contributed by atoms with E-state index in [4.69, 9.17) is 17.3 Å². The quantitative estimate of drug-likeness (QED) is 0.917. The summed E-state index contributed by atoms with van der Waals surface area (Å²) in [6.45, 7) is 8.84. The summed E-state index contributed by atoms with van der Waals surface area (Å²) in [7, 11) is 0. The summed E-state index contributed by atoms with van der Waals surface area (Å²) in [5, 5.41) is 0.795. The minimum Gasteiger partial charge on any atom is -0.329 e. The van der Waals surface area contributed by atoms with E-state index in [1.807, 2.05) is 12.1 Å². The Morgan fingerprint density at radius 3 is 2.50 bits per heavy atom. The minimum absolute atomic E-state index is 0.0351. The van der Waals surface area contributed by atoms with E-state index in [0.29, 0.717) is 12.6 Å². The van der Waals surface area contributed by atoms with E-state index < -0.39 is 0 Å². The second-order valence-corrected chi connectivity index (χ2v) is 7.11. The molecule has 0 spiro atoms. The SMILES string of the molecule is CC1CCN(C(C)(CN)Cc2ccc(Cl)cc2)C(C)C1. The molecular weight excluding hydrogens is 268 g/mol. The standard InChI is InChI=1S/C17H27ClN2/c1-13-8-9-20(14(2)10-13)17(3,12-19)11-15-4-6-16(18)7-5-15/h4-7,13-14H,8-12,19H2,1-3H3. The first-order valence-corrected chi connectivity index (χ1v) is 8.03. The van der Waals surface area contributed by atoms with Gasteiger partial charge in [0, 0.05) is 23.1 Å². The monoisotopic (exact) mass is 294 g/mol. The maximum Gasteiger partial charge on any atom is 0.0406 e. The van der Waals surface area contributed by atoms with Crippen molar-refractivity contribution in [3.8, 4) is 0 Å². The van der Waals surface area contributed by atoms with Crippen molar-refractivity contribution in [1.82, 2.24) is 4.90 Å². The van der Waals surface area contributed by atoms with Crippen LogP contribution in [-0.2, 0) is 6.42 Å². The largest absolute Gasteiger partial charge is 0.329 e. The number of hydrogen-bond donors (Lipinski definition) is 1. The van der Waals surface area contributed by atoms with Crippen LogP contribution in [0.15, 0.2) is 24.3 Å². The fourth-order valence-electron chi connectivity index (χ4n) is 3.54. The molecule has 112 valence electrons. The summed E-state index contributed by atoms with van der Waals surface area (Å²) in [6, 6.07) is 8.78. The fraction of sp³-hybridized carbons (Fsp3) is 0.647. The van der Waals surface area contributed by atoms with E-state index in [-0.39, 0.29) is 5.54 Å². The topological polar surface area (TPSA) is 29.3 Å². The van der Waals surface area contributed by atoms with Gasteiger partial charge in [0.15, 0.2) is 0 Å². The smallest absolute Gasteiger partial charge is 0.0406 e. The highest BCUT2D eigenvalue weighted by molar-refractivity contribution is 6.30. The summed E-state index contributed by atoms with van der Waals surface area (Å²) in [5.41, 5.74) is 7.49. The van der Waals surface area contributed by atoms with E-state index in [9.17, 15) is 0 Å². The Morgan fingerprint density at radius 1 is 1.30 bits per heavy atom. The number of hydrogen-bond acceptors (Lipinski definition) is 2. The van der Waals surface area contributed by atoms with Crippen molar-refractivity contribution in [2.75, 3.05) is 13.1 Å². The number of likely N-dealkylation sites (tertiary alicyclic amines) is 1. The second-order valence-electron chi connectivity index (χ2n) is 6.68. The molecule has 1 saturated heterocycles. The fourth-order valence-corrected chi connectivity index (χ4v) is 3.67. The molecule has 2 N–H and O–H groups in total. The lowest BCUT2D eigenvalue weighted by atomic mass is 9.84. The summed E-state index contributed by atoms with van der Waals surface area (Å²) in [4.78, 5) is 2.61. The van der Waals surface area contributed by atoms with Crippen molar-refractivity contribution in [2.24, 2.45) is 11.7 Å². The van der Waals surface area contributed by atoms with Crippen molar-refractivity contribution in [3.63, 3.8) is 0 Å². The van der Waals surface area contributed by atoms with Crippen LogP contribution >= 0.6 is 11.6 Å². The lowest BCUT2D eigenvalue weighted by molar-refractivity contribution is 0.0257. The lowest BCUT2D eigenvalue weighted by Gasteiger charge is -2.48. The number of piperidine rings is 1. The Morgan fingerprint density at radius 2 is 1.95 bits per heavy atom. The third kappa shape index (κ3) is 3.55. The molecule has 1 fully saturated rings. The number of benzene rings is 1. The number of nitrogens with two attached hydrogens (primary N) is 1. The lowest BCUT2D eigenvalue weighted by Crippen LogP contribution is -2.58. The van der Waals surface area contributed by atoms with Gasteiger partial charge in [0.05, 0.1) is 0 Å². The highest BCUT2D eigenvalue weighted by Crippen LogP contribution is 2.31. The average Bonchev–Trinajstić information content (AvgIpc) is 2.41. The average molecular weight is 295 g/mol. The number of nitrogens with zero attached hydrogens (tertiary/aromatic N) is 1. The zero-order valence-electron chi connectivity index (χ0n) is 12.9. The molecule has 0 aliphatic carbocycles. The molecule has 2 nitrogen and oxygen atoms in total. The first-order valence-electron chi connectivity index (χ1n) is 7.66. The molecule has 3 unspecified atom stereocenters. The zero-order chi connectivity index (χ0) is 14.8. The van der Waals surface area contributed by atoms with Gasteiger partial charge in [-0.25, -0.2) is 0 Å². The molecule has 0 radical (unpaired) electrons. The summed E-state index contributed by atoms with van der Waals surface area (Å²) in [5.74, 6) is 0.832. The van der Waals surface area contributed by atoms with Crippen molar-refractivity contribution < 1.29 is 0 Å². The molecule has 1 aromatic rings. The Labute approximate surface area is 128 Å². The van der Waals surface area contributed by atoms with Crippen molar-refractivity contribution in [3.05, 3.63) is 34.9 Å². The van der Waals surface area contributed by atoms with Gasteiger partial charge in [0.2, 0.25) is 0 Å². The van der Waals surface area contributed by atoms with Gasteiger partial charge >= 0.3 is 0 Å². The first-order chi connectivity index (χ1) is 9.44. The Hall–Kier alpha value is -0.570.